The molecule has 108 valence electrons. The zero-order valence-electron chi connectivity index (χ0n) is 8.63. The molecule has 1 atom stereocenters. The molecule has 1 nitrogen and oxygen atoms in total. The van der Waals surface area contributed by atoms with E-state index in [1.54, 1.807) is 0 Å². The van der Waals surface area contributed by atoms with Crippen LogP contribution in [0, 0.1) is 0 Å². The van der Waals surface area contributed by atoms with Gasteiger partial charge in [-0.05, 0) is 28.1 Å². The standard InChI is InChI=1S/C9H4BrCl2F6N/c10-8(14,15)7(13,9(16,17)18)3-1-4(11)6(19)5(12)2-3/h1-2H,19H2. The summed E-state index contributed by atoms with van der Waals surface area (Å²) in [5, 5.41) is -1.13. The monoisotopic (exact) mass is 389 g/mol. The molecule has 2 N–H and O–H groups in total. The van der Waals surface area contributed by atoms with Crippen LogP contribution >= 0.6 is 39.1 Å². The number of hydrogen-bond acceptors (Lipinski definition) is 1. The van der Waals surface area contributed by atoms with Crippen molar-refractivity contribution < 1.29 is 26.3 Å². The van der Waals surface area contributed by atoms with E-state index < -0.39 is 32.3 Å². The third-order valence-corrected chi connectivity index (χ3v) is 3.43. The molecular weight excluding hydrogens is 387 g/mol. The lowest BCUT2D eigenvalue weighted by Crippen LogP contribution is -2.49. The van der Waals surface area contributed by atoms with Gasteiger partial charge in [0, 0.05) is 5.56 Å². The molecule has 1 aromatic rings. The molecule has 0 saturated heterocycles. The molecule has 1 unspecified atom stereocenters. The molecule has 19 heavy (non-hydrogen) atoms. The molecular formula is C9H4BrCl2F6N. The minimum Gasteiger partial charge on any atom is -0.396 e. The summed E-state index contributed by atoms with van der Waals surface area (Å²) in [7, 11) is 0. The normalized spacial score (nSPS) is 16.3. The van der Waals surface area contributed by atoms with Crippen LogP contribution in [0.2, 0.25) is 10.0 Å². The lowest BCUT2D eigenvalue weighted by atomic mass is 9.95. The Morgan fingerprint density at radius 2 is 1.32 bits per heavy atom. The Morgan fingerprint density at radius 3 is 1.58 bits per heavy atom. The molecule has 0 heterocycles. The van der Waals surface area contributed by atoms with E-state index in [-0.39, 0.29) is 5.69 Å². The molecule has 1 rings (SSSR count). The molecule has 0 bridgehead atoms. The van der Waals surface area contributed by atoms with Crippen LogP contribution in [0.25, 0.3) is 0 Å². The maximum absolute atomic E-state index is 13.9. The van der Waals surface area contributed by atoms with Gasteiger partial charge in [0.15, 0.2) is 0 Å². The SMILES string of the molecule is Nc1c(Cl)cc(C(F)(C(F)(F)F)C(F)(F)Br)cc1Cl. The Hall–Kier alpha value is -0.340. The summed E-state index contributed by atoms with van der Waals surface area (Å²) in [6, 6.07) is 0.705. The molecule has 0 amide bonds. The van der Waals surface area contributed by atoms with E-state index >= 15 is 0 Å². The minimum atomic E-state index is -5.90. The molecule has 0 aliphatic heterocycles. The van der Waals surface area contributed by atoms with Crippen molar-refractivity contribution in [1.29, 1.82) is 0 Å². The number of nitrogen functional groups attached to an aromatic ring is 1. The van der Waals surface area contributed by atoms with Gasteiger partial charge in [0.05, 0.1) is 15.7 Å². The van der Waals surface area contributed by atoms with E-state index in [0.29, 0.717) is 12.1 Å². The zero-order chi connectivity index (χ0) is 15.2. The van der Waals surface area contributed by atoms with Crippen molar-refractivity contribution in [3.05, 3.63) is 27.7 Å². The molecule has 0 spiro atoms. The van der Waals surface area contributed by atoms with Crippen LogP contribution in [-0.4, -0.2) is 11.0 Å². The summed E-state index contributed by atoms with van der Waals surface area (Å²) >= 11 is 12.2. The van der Waals surface area contributed by atoms with E-state index in [4.69, 9.17) is 28.9 Å². The highest BCUT2D eigenvalue weighted by molar-refractivity contribution is 9.10. The minimum absolute atomic E-state index is 0.338. The first-order valence-corrected chi connectivity index (χ1v) is 5.94. The van der Waals surface area contributed by atoms with Crippen LogP contribution in [0.15, 0.2) is 12.1 Å². The molecule has 0 fully saturated rings. The van der Waals surface area contributed by atoms with Gasteiger partial charge in [0.1, 0.15) is 0 Å². The van der Waals surface area contributed by atoms with Gasteiger partial charge in [-0.3, -0.25) is 0 Å². The van der Waals surface area contributed by atoms with Crippen molar-refractivity contribution in [2.75, 3.05) is 5.73 Å². The number of hydrogen-bond donors (Lipinski definition) is 1. The number of halogens is 9. The third-order valence-electron chi connectivity index (χ3n) is 2.26. The van der Waals surface area contributed by atoms with Crippen LogP contribution in [0.3, 0.4) is 0 Å². The number of alkyl halides is 7. The first-order chi connectivity index (χ1) is 8.32. The van der Waals surface area contributed by atoms with E-state index in [9.17, 15) is 26.3 Å². The molecule has 0 aliphatic rings. The second-order valence-electron chi connectivity index (χ2n) is 3.51. The van der Waals surface area contributed by atoms with Crippen LogP contribution in [-0.2, 0) is 5.67 Å². The number of nitrogens with two attached hydrogens (primary N) is 1. The van der Waals surface area contributed by atoms with Gasteiger partial charge in [0.25, 0.3) is 0 Å². The van der Waals surface area contributed by atoms with Crippen LogP contribution in [0.1, 0.15) is 5.56 Å². The second kappa shape index (κ2) is 4.89. The maximum atomic E-state index is 13.9. The van der Waals surface area contributed by atoms with Crippen molar-refractivity contribution in [3.63, 3.8) is 0 Å². The van der Waals surface area contributed by atoms with Crippen LogP contribution in [0.5, 0.6) is 0 Å². The summed E-state index contributed by atoms with van der Waals surface area (Å²) in [6.45, 7) is 0. The Balaban J connectivity index is 3.62. The molecule has 0 saturated carbocycles. The highest BCUT2D eigenvalue weighted by Gasteiger charge is 2.71. The van der Waals surface area contributed by atoms with Crippen molar-refractivity contribution in [2.45, 2.75) is 16.7 Å². The summed E-state index contributed by atoms with van der Waals surface area (Å²) < 4.78 is 77.9. The number of rotatable bonds is 2. The Labute approximate surface area is 121 Å². The van der Waals surface area contributed by atoms with Gasteiger partial charge >= 0.3 is 16.7 Å². The van der Waals surface area contributed by atoms with Crippen LogP contribution < -0.4 is 5.73 Å². The fraction of sp³-hybridized carbons (Fsp3) is 0.333. The second-order valence-corrected chi connectivity index (χ2v) is 5.32. The first kappa shape index (κ1) is 16.7. The summed E-state index contributed by atoms with van der Waals surface area (Å²) in [5.41, 5.74) is -1.54. The van der Waals surface area contributed by atoms with Gasteiger partial charge in [-0.15, -0.1) is 0 Å². The first-order valence-electron chi connectivity index (χ1n) is 4.39. The fourth-order valence-electron chi connectivity index (χ4n) is 1.27. The average molecular weight is 391 g/mol. The average Bonchev–Trinajstić information content (AvgIpc) is 2.20. The Kier molecular flexibility index (Phi) is 4.30. The van der Waals surface area contributed by atoms with E-state index in [0.717, 1.165) is 0 Å². The van der Waals surface area contributed by atoms with Gasteiger partial charge in [-0.2, -0.15) is 22.0 Å². The smallest absolute Gasteiger partial charge is 0.396 e. The van der Waals surface area contributed by atoms with Gasteiger partial charge in [-0.1, -0.05) is 23.2 Å². The Morgan fingerprint density at radius 1 is 0.947 bits per heavy atom. The highest BCUT2D eigenvalue weighted by atomic mass is 79.9. The summed E-state index contributed by atoms with van der Waals surface area (Å²) in [5.74, 6) is 0. The Bertz CT molecular complexity index is 461. The molecule has 0 aliphatic carbocycles. The maximum Gasteiger partial charge on any atom is 0.433 e. The molecule has 1 aromatic carbocycles. The summed E-state index contributed by atoms with van der Waals surface area (Å²) in [6.07, 6.45) is -5.90. The van der Waals surface area contributed by atoms with Gasteiger partial charge in [0.2, 0.25) is 0 Å². The van der Waals surface area contributed by atoms with Gasteiger partial charge < -0.3 is 5.73 Å². The third kappa shape index (κ3) is 2.75. The van der Waals surface area contributed by atoms with Crippen molar-refractivity contribution in [1.82, 2.24) is 0 Å². The van der Waals surface area contributed by atoms with Crippen molar-refractivity contribution in [2.24, 2.45) is 0 Å². The summed E-state index contributed by atoms with van der Waals surface area (Å²) in [4.78, 5) is -4.92. The van der Waals surface area contributed by atoms with Crippen molar-refractivity contribution >= 4 is 44.8 Å². The molecule has 0 radical (unpaired) electrons. The zero-order valence-corrected chi connectivity index (χ0v) is 11.7. The number of benzene rings is 1. The topological polar surface area (TPSA) is 26.0 Å². The molecule has 10 heteroatoms. The number of anilines is 1. The largest absolute Gasteiger partial charge is 0.433 e. The van der Waals surface area contributed by atoms with Gasteiger partial charge in [-0.25, -0.2) is 4.39 Å². The predicted molar refractivity (Wildman–Crippen MR) is 63.6 cm³/mol. The lowest BCUT2D eigenvalue weighted by molar-refractivity contribution is -0.282. The van der Waals surface area contributed by atoms with E-state index in [1.165, 1.54) is 15.9 Å². The predicted octanol–water partition coefficient (Wildman–Crippen LogP) is 5.29. The van der Waals surface area contributed by atoms with E-state index in [2.05, 4.69) is 0 Å². The van der Waals surface area contributed by atoms with E-state index in [1.807, 2.05) is 0 Å². The highest BCUT2D eigenvalue weighted by Crippen LogP contribution is 2.56. The molecule has 0 aromatic heterocycles. The van der Waals surface area contributed by atoms with Crippen LogP contribution in [0.4, 0.5) is 32.0 Å². The quantitative estimate of drug-likeness (QED) is 0.414. The fourth-order valence-corrected chi connectivity index (χ4v) is 2.21. The lowest BCUT2D eigenvalue weighted by Gasteiger charge is -2.32. The van der Waals surface area contributed by atoms with Crippen molar-refractivity contribution in [3.8, 4) is 0 Å².